The number of aromatic nitrogens is 2. The number of aromatic amines is 1. The lowest BCUT2D eigenvalue weighted by Crippen LogP contribution is -2.31. The van der Waals surface area contributed by atoms with E-state index in [2.05, 4.69) is 14.9 Å². The van der Waals surface area contributed by atoms with Crippen LogP contribution in [0.5, 0.6) is 5.75 Å². The fourth-order valence-corrected chi connectivity index (χ4v) is 3.36. The van der Waals surface area contributed by atoms with Gasteiger partial charge in [-0.1, -0.05) is 0 Å². The average Bonchev–Trinajstić information content (AvgIpc) is 2.91. The van der Waals surface area contributed by atoms with Gasteiger partial charge in [-0.3, -0.25) is 0 Å². The van der Waals surface area contributed by atoms with Crippen LogP contribution in [-0.2, 0) is 19.4 Å². The lowest BCUT2D eigenvalue weighted by atomic mass is 9.96. The van der Waals surface area contributed by atoms with Crippen LogP contribution in [0.25, 0.3) is 6.08 Å². The van der Waals surface area contributed by atoms with Crippen molar-refractivity contribution in [1.29, 1.82) is 0 Å². The van der Waals surface area contributed by atoms with E-state index in [4.69, 9.17) is 4.74 Å². The Labute approximate surface area is 128 Å². The highest BCUT2D eigenvalue weighted by Gasteiger charge is 2.26. The summed E-state index contributed by atoms with van der Waals surface area (Å²) in [6, 6.07) is 3.81. The Morgan fingerprint density at radius 2 is 2.18 bits per heavy atom. The lowest BCUT2D eigenvalue weighted by molar-refractivity contribution is 0.414. The van der Waals surface area contributed by atoms with Crippen molar-refractivity contribution in [3.05, 3.63) is 46.7 Å². The van der Waals surface area contributed by atoms with Crippen molar-refractivity contribution in [2.45, 2.75) is 25.8 Å². The monoisotopic (exact) mass is 299 g/mol. The quantitative estimate of drug-likeness (QED) is 0.925. The van der Waals surface area contributed by atoms with E-state index in [-0.39, 0.29) is 5.83 Å². The predicted molar refractivity (Wildman–Crippen MR) is 83.7 cm³/mol. The number of allylic oxidation sites excluding steroid dienone is 1. The minimum atomic E-state index is -0.0302. The number of nitrogens with one attached hydrogen (secondary N) is 1. The smallest absolute Gasteiger partial charge is 0.132 e. The van der Waals surface area contributed by atoms with Crippen molar-refractivity contribution in [2.75, 3.05) is 18.6 Å². The zero-order valence-corrected chi connectivity index (χ0v) is 12.5. The maximum Gasteiger partial charge on any atom is 0.132 e. The van der Waals surface area contributed by atoms with Crippen molar-refractivity contribution in [3.8, 4) is 5.75 Å². The molecule has 114 valence electrons. The number of anilines is 1. The third-order valence-electron chi connectivity index (χ3n) is 4.51. The summed E-state index contributed by atoms with van der Waals surface area (Å²) in [4.78, 5) is 10.1. The summed E-state index contributed by atoms with van der Waals surface area (Å²) in [6.07, 6.45) is 5.63. The van der Waals surface area contributed by atoms with Gasteiger partial charge in [0.25, 0.3) is 0 Å². The summed E-state index contributed by atoms with van der Waals surface area (Å²) < 4.78 is 18.7. The number of ether oxygens (including phenoxy) is 1. The summed E-state index contributed by atoms with van der Waals surface area (Å²) in [5.41, 5.74) is 4.78. The van der Waals surface area contributed by atoms with E-state index in [0.717, 1.165) is 43.2 Å². The second-order valence-corrected chi connectivity index (χ2v) is 5.79. The van der Waals surface area contributed by atoms with Gasteiger partial charge in [0.1, 0.15) is 17.4 Å². The molecule has 22 heavy (non-hydrogen) atoms. The number of H-pyrrole nitrogens is 1. The van der Waals surface area contributed by atoms with Gasteiger partial charge in [0.2, 0.25) is 0 Å². The third-order valence-corrected chi connectivity index (χ3v) is 4.51. The molecule has 5 heteroatoms. The number of hydrogen-bond donors (Lipinski definition) is 1. The van der Waals surface area contributed by atoms with Crippen LogP contribution in [0.15, 0.2) is 24.2 Å². The summed E-state index contributed by atoms with van der Waals surface area (Å²) in [5.74, 6) is 1.71. The first-order valence-corrected chi connectivity index (χ1v) is 7.58. The average molecular weight is 299 g/mol. The highest BCUT2D eigenvalue weighted by Crippen LogP contribution is 2.33. The number of halogens is 1. The van der Waals surface area contributed by atoms with E-state index in [1.165, 1.54) is 16.8 Å². The number of pyridine rings is 1. The molecule has 0 amide bonds. The molecule has 0 spiro atoms. The molecule has 2 aromatic rings. The molecule has 1 N–H and O–H groups in total. The molecule has 0 saturated heterocycles. The molecule has 1 aliphatic carbocycles. The number of hydrogen-bond acceptors (Lipinski definition) is 3. The Hall–Kier alpha value is -2.30. The minimum absolute atomic E-state index is 0.0302. The van der Waals surface area contributed by atoms with Crippen LogP contribution in [0.1, 0.15) is 28.9 Å². The van der Waals surface area contributed by atoms with E-state index < -0.39 is 0 Å². The lowest BCUT2D eigenvalue weighted by Gasteiger charge is -2.29. The molecule has 2 aromatic heterocycles. The molecule has 0 bridgehead atoms. The van der Waals surface area contributed by atoms with E-state index in [0.29, 0.717) is 6.42 Å². The third kappa shape index (κ3) is 2.17. The second-order valence-electron chi connectivity index (χ2n) is 5.79. The van der Waals surface area contributed by atoms with Crippen LogP contribution in [0, 0.1) is 0 Å². The Kier molecular flexibility index (Phi) is 3.13. The number of fused-ring (bicyclic) bond motifs is 3. The van der Waals surface area contributed by atoms with Crippen LogP contribution in [0.2, 0.25) is 0 Å². The van der Waals surface area contributed by atoms with Gasteiger partial charge in [0.15, 0.2) is 0 Å². The van der Waals surface area contributed by atoms with Gasteiger partial charge in [0, 0.05) is 49.6 Å². The molecule has 1 aliphatic heterocycles. The summed E-state index contributed by atoms with van der Waals surface area (Å²) >= 11 is 0. The Morgan fingerprint density at radius 1 is 1.27 bits per heavy atom. The highest BCUT2D eigenvalue weighted by atomic mass is 19.1. The van der Waals surface area contributed by atoms with Crippen LogP contribution < -0.4 is 9.64 Å². The van der Waals surface area contributed by atoms with Crippen molar-refractivity contribution < 1.29 is 9.13 Å². The molecule has 3 heterocycles. The van der Waals surface area contributed by atoms with E-state index in [1.54, 1.807) is 19.4 Å². The fraction of sp³-hybridized carbons (Fsp3) is 0.353. The van der Waals surface area contributed by atoms with Gasteiger partial charge in [-0.05, 0) is 29.7 Å². The standard InChI is InChI=1S/C17H18FN3O/c1-22-12-4-6-19-17(9-12)21-7-5-15-14(10-21)13-3-2-11(18)8-16(13)20-15/h4,6,8-9,20H,2-3,5,7,10H2,1H3. The summed E-state index contributed by atoms with van der Waals surface area (Å²) in [6.45, 7) is 1.72. The normalized spacial score (nSPS) is 16.8. The Morgan fingerprint density at radius 3 is 3.05 bits per heavy atom. The molecular weight excluding hydrogens is 281 g/mol. The molecule has 0 radical (unpaired) electrons. The first-order valence-electron chi connectivity index (χ1n) is 7.58. The number of methoxy groups -OCH3 is 1. The zero-order chi connectivity index (χ0) is 15.1. The van der Waals surface area contributed by atoms with Gasteiger partial charge >= 0.3 is 0 Å². The summed E-state index contributed by atoms with van der Waals surface area (Å²) in [5, 5.41) is 0. The Balaban J connectivity index is 1.67. The van der Waals surface area contributed by atoms with Gasteiger partial charge < -0.3 is 14.6 Å². The van der Waals surface area contributed by atoms with Crippen LogP contribution >= 0.6 is 0 Å². The van der Waals surface area contributed by atoms with Crippen molar-refractivity contribution in [2.24, 2.45) is 0 Å². The second kappa shape index (κ2) is 5.16. The summed E-state index contributed by atoms with van der Waals surface area (Å²) in [7, 11) is 1.66. The van der Waals surface area contributed by atoms with E-state index >= 15 is 0 Å². The maximum atomic E-state index is 13.5. The van der Waals surface area contributed by atoms with Crippen LogP contribution in [0.3, 0.4) is 0 Å². The molecule has 4 rings (SSSR count). The first kappa shape index (κ1) is 13.4. The predicted octanol–water partition coefficient (Wildman–Crippen LogP) is 3.24. The van der Waals surface area contributed by atoms with Crippen LogP contribution in [-0.4, -0.2) is 23.6 Å². The molecule has 0 unspecified atom stereocenters. The molecule has 0 fully saturated rings. The molecular formula is C17H18FN3O. The van der Waals surface area contributed by atoms with E-state index in [1.807, 2.05) is 12.1 Å². The molecule has 0 aromatic carbocycles. The largest absolute Gasteiger partial charge is 0.497 e. The highest BCUT2D eigenvalue weighted by molar-refractivity contribution is 5.60. The zero-order valence-electron chi connectivity index (χ0n) is 12.5. The van der Waals surface area contributed by atoms with Crippen molar-refractivity contribution in [1.82, 2.24) is 9.97 Å². The van der Waals surface area contributed by atoms with Gasteiger partial charge in [0.05, 0.1) is 7.11 Å². The van der Waals surface area contributed by atoms with Gasteiger partial charge in [-0.15, -0.1) is 0 Å². The minimum Gasteiger partial charge on any atom is -0.497 e. The molecule has 0 atom stereocenters. The number of rotatable bonds is 2. The molecule has 0 saturated carbocycles. The van der Waals surface area contributed by atoms with Crippen LogP contribution in [0.4, 0.5) is 10.2 Å². The van der Waals surface area contributed by atoms with E-state index in [9.17, 15) is 4.39 Å². The molecule has 4 nitrogen and oxygen atoms in total. The number of nitrogens with zero attached hydrogens (tertiary/aromatic N) is 2. The van der Waals surface area contributed by atoms with Crippen molar-refractivity contribution in [3.63, 3.8) is 0 Å². The van der Waals surface area contributed by atoms with Crippen molar-refractivity contribution >= 4 is 11.9 Å². The fourth-order valence-electron chi connectivity index (χ4n) is 3.36. The SMILES string of the molecule is COc1ccnc(N2CCc3[nH]c4c(c3C2)CCC(F)=C4)c1. The molecule has 2 aliphatic rings. The first-order chi connectivity index (χ1) is 10.7. The van der Waals surface area contributed by atoms with Gasteiger partial charge in [-0.2, -0.15) is 0 Å². The maximum absolute atomic E-state index is 13.5. The van der Waals surface area contributed by atoms with Gasteiger partial charge in [-0.25, -0.2) is 9.37 Å². The topological polar surface area (TPSA) is 41.1 Å². The Bertz CT molecular complexity index is 750.